The Kier molecular flexibility index (Phi) is 9.58. The number of piperazine rings is 1. The molecule has 0 aliphatic carbocycles. The SMILES string of the molecule is CC(=O)NCC1CC(c2ccc(N3CCN(C(=O)CN(CCCl)CCCl)CC3)c(F)c2)=NO1. The lowest BCUT2D eigenvalue weighted by molar-refractivity contribution is -0.132. The maximum absolute atomic E-state index is 14.9. The van der Waals surface area contributed by atoms with Gasteiger partial charge in [0.05, 0.1) is 24.5 Å². The zero-order valence-electron chi connectivity index (χ0n) is 18.7. The molecule has 0 saturated carbocycles. The summed E-state index contributed by atoms with van der Waals surface area (Å²) < 4.78 is 14.9. The van der Waals surface area contributed by atoms with Gasteiger partial charge in [0.1, 0.15) is 11.9 Å². The molecule has 0 radical (unpaired) electrons. The monoisotopic (exact) mass is 501 g/mol. The number of anilines is 1. The van der Waals surface area contributed by atoms with Crippen LogP contribution >= 0.6 is 23.2 Å². The number of benzene rings is 1. The van der Waals surface area contributed by atoms with Crippen LogP contribution in [-0.2, 0) is 14.4 Å². The van der Waals surface area contributed by atoms with Crippen LogP contribution in [0.5, 0.6) is 0 Å². The van der Waals surface area contributed by atoms with Gasteiger partial charge in [-0.2, -0.15) is 0 Å². The van der Waals surface area contributed by atoms with Crippen LogP contribution < -0.4 is 10.2 Å². The number of carbonyl (C=O) groups is 2. The molecule has 0 spiro atoms. The second-order valence-electron chi connectivity index (χ2n) is 8.09. The number of halogens is 3. The van der Waals surface area contributed by atoms with Gasteiger partial charge in [-0.25, -0.2) is 4.39 Å². The van der Waals surface area contributed by atoms with Crippen molar-refractivity contribution in [2.24, 2.45) is 5.16 Å². The van der Waals surface area contributed by atoms with Gasteiger partial charge in [0.15, 0.2) is 0 Å². The number of oxime groups is 1. The predicted octanol–water partition coefficient (Wildman–Crippen LogP) is 1.88. The molecule has 2 heterocycles. The highest BCUT2D eigenvalue weighted by atomic mass is 35.5. The van der Waals surface area contributed by atoms with Gasteiger partial charge >= 0.3 is 0 Å². The van der Waals surface area contributed by atoms with Crippen LogP contribution in [0.25, 0.3) is 0 Å². The van der Waals surface area contributed by atoms with Crippen molar-refractivity contribution in [3.8, 4) is 0 Å². The Labute approximate surface area is 203 Å². The molecule has 1 atom stereocenters. The molecule has 1 fully saturated rings. The minimum absolute atomic E-state index is 0.0359. The molecular weight excluding hydrogens is 472 g/mol. The zero-order chi connectivity index (χ0) is 23.8. The average molecular weight is 502 g/mol. The molecule has 2 aliphatic rings. The Morgan fingerprint density at radius 1 is 1.21 bits per heavy atom. The van der Waals surface area contributed by atoms with Gasteiger partial charge in [-0.3, -0.25) is 14.5 Å². The van der Waals surface area contributed by atoms with Crippen LogP contribution in [-0.4, -0.2) is 97.5 Å². The number of carbonyl (C=O) groups excluding carboxylic acids is 2. The molecule has 8 nitrogen and oxygen atoms in total. The lowest BCUT2D eigenvalue weighted by Gasteiger charge is -2.37. The molecule has 11 heteroatoms. The first-order valence-electron chi connectivity index (χ1n) is 11.0. The molecule has 1 N–H and O–H groups in total. The van der Waals surface area contributed by atoms with Crippen LogP contribution in [0.3, 0.4) is 0 Å². The van der Waals surface area contributed by atoms with Gasteiger partial charge in [-0.1, -0.05) is 11.2 Å². The molecule has 1 unspecified atom stereocenters. The van der Waals surface area contributed by atoms with Crippen molar-refractivity contribution in [2.75, 3.05) is 69.0 Å². The minimum Gasteiger partial charge on any atom is -0.390 e. The third kappa shape index (κ3) is 7.19. The van der Waals surface area contributed by atoms with E-state index < -0.39 is 0 Å². The number of amides is 2. The molecule has 1 saturated heterocycles. The largest absolute Gasteiger partial charge is 0.390 e. The number of nitrogens with zero attached hydrogens (tertiary/aromatic N) is 4. The van der Waals surface area contributed by atoms with Crippen LogP contribution in [0, 0.1) is 5.82 Å². The third-order valence-electron chi connectivity index (χ3n) is 5.73. The molecule has 0 bridgehead atoms. The van der Waals surface area contributed by atoms with Crippen molar-refractivity contribution in [1.82, 2.24) is 15.1 Å². The summed E-state index contributed by atoms with van der Waals surface area (Å²) in [6, 6.07) is 5.04. The Morgan fingerprint density at radius 2 is 1.91 bits per heavy atom. The van der Waals surface area contributed by atoms with Crippen molar-refractivity contribution < 1.29 is 18.8 Å². The van der Waals surface area contributed by atoms with E-state index in [1.165, 1.54) is 13.0 Å². The second kappa shape index (κ2) is 12.4. The fraction of sp³-hybridized carbons (Fsp3) is 0.591. The van der Waals surface area contributed by atoms with Gasteiger partial charge in [-0.05, 0) is 12.1 Å². The highest BCUT2D eigenvalue weighted by molar-refractivity contribution is 6.18. The predicted molar refractivity (Wildman–Crippen MR) is 128 cm³/mol. The van der Waals surface area contributed by atoms with Gasteiger partial charge in [0.2, 0.25) is 11.8 Å². The molecule has 2 aliphatic heterocycles. The molecule has 182 valence electrons. The van der Waals surface area contributed by atoms with E-state index in [9.17, 15) is 14.0 Å². The molecule has 33 heavy (non-hydrogen) atoms. The Bertz CT molecular complexity index is 858. The van der Waals surface area contributed by atoms with Crippen molar-refractivity contribution in [1.29, 1.82) is 0 Å². The first-order chi connectivity index (χ1) is 15.9. The zero-order valence-corrected chi connectivity index (χ0v) is 20.2. The average Bonchev–Trinajstić information content (AvgIpc) is 3.27. The summed E-state index contributed by atoms with van der Waals surface area (Å²) in [5.74, 6) is 0.459. The van der Waals surface area contributed by atoms with E-state index in [-0.39, 0.29) is 30.3 Å². The number of hydrogen-bond acceptors (Lipinski definition) is 6. The molecular formula is C22H30Cl2FN5O3. The molecule has 0 aromatic heterocycles. The Balaban J connectivity index is 1.52. The summed E-state index contributed by atoms with van der Waals surface area (Å²) in [5, 5.41) is 6.75. The van der Waals surface area contributed by atoms with Gasteiger partial charge < -0.3 is 20.0 Å². The lowest BCUT2D eigenvalue weighted by atomic mass is 10.0. The molecule has 1 aromatic rings. The summed E-state index contributed by atoms with van der Waals surface area (Å²) in [6.45, 7) is 5.48. The van der Waals surface area contributed by atoms with Crippen molar-refractivity contribution in [3.05, 3.63) is 29.6 Å². The molecule has 1 aromatic carbocycles. The summed E-state index contributed by atoms with van der Waals surface area (Å²) in [5.41, 5.74) is 1.82. The van der Waals surface area contributed by atoms with Gasteiger partial charge in [-0.15, -0.1) is 23.2 Å². The number of hydrogen-bond donors (Lipinski definition) is 1. The summed E-state index contributed by atoms with van der Waals surface area (Å²) in [4.78, 5) is 34.7. The lowest BCUT2D eigenvalue weighted by Crippen LogP contribution is -2.51. The smallest absolute Gasteiger partial charge is 0.236 e. The normalized spacial score (nSPS) is 18.3. The quantitative estimate of drug-likeness (QED) is 0.495. The van der Waals surface area contributed by atoms with E-state index in [2.05, 4.69) is 10.5 Å². The molecule has 3 rings (SSSR count). The fourth-order valence-electron chi connectivity index (χ4n) is 3.91. The van der Waals surface area contributed by atoms with E-state index in [1.807, 2.05) is 15.9 Å². The fourth-order valence-corrected chi connectivity index (χ4v) is 4.38. The van der Waals surface area contributed by atoms with Crippen LogP contribution in [0.4, 0.5) is 10.1 Å². The van der Waals surface area contributed by atoms with E-state index in [0.717, 1.165) is 0 Å². The summed E-state index contributed by atoms with van der Waals surface area (Å²) >= 11 is 11.6. The highest BCUT2D eigenvalue weighted by Gasteiger charge is 2.26. The number of alkyl halides is 2. The van der Waals surface area contributed by atoms with E-state index in [0.29, 0.717) is 81.0 Å². The minimum atomic E-state index is -0.337. The van der Waals surface area contributed by atoms with Gasteiger partial charge in [0, 0.05) is 69.9 Å². The van der Waals surface area contributed by atoms with E-state index in [4.69, 9.17) is 28.0 Å². The maximum atomic E-state index is 14.9. The standard InChI is InChI=1S/C22H30Cl2FN5O3/c1-16(31)26-14-18-13-20(27-33-18)17-2-3-21(19(25)12-17)29-8-10-30(11-9-29)22(32)15-28(6-4-23)7-5-24/h2-3,12,18H,4-11,13-15H2,1H3,(H,26,31). The van der Waals surface area contributed by atoms with Gasteiger partial charge in [0.25, 0.3) is 0 Å². The van der Waals surface area contributed by atoms with Crippen LogP contribution in [0.1, 0.15) is 18.9 Å². The first kappa shape index (κ1) is 25.5. The first-order valence-corrected chi connectivity index (χ1v) is 12.1. The topological polar surface area (TPSA) is 77.5 Å². The third-order valence-corrected chi connectivity index (χ3v) is 6.06. The number of rotatable bonds is 10. The Hall–Kier alpha value is -2.10. The van der Waals surface area contributed by atoms with Crippen LogP contribution in [0.15, 0.2) is 23.4 Å². The molecule has 2 amide bonds. The van der Waals surface area contributed by atoms with Crippen LogP contribution in [0.2, 0.25) is 0 Å². The number of nitrogens with one attached hydrogen (secondary N) is 1. The second-order valence-corrected chi connectivity index (χ2v) is 8.85. The maximum Gasteiger partial charge on any atom is 0.236 e. The van der Waals surface area contributed by atoms with Crippen molar-refractivity contribution >= 4 is 46.4 Å². The van der Waals surface area contributed by atoms with Crippen molar-refractivity contribution in [3.63, 3.8) is 0 Å². The van der Waals surface area contributed by atoms with E-state index >= 15 is 0 Å². The van der Waals surface area contributed by atoms with E-state index in [1.54, 1.807) is 11.0 Å². The van der Waals surface area contributed by atoms with Crippen molar-refractivity contribution in [2.45, 2.75) is 19.4 Å². The summed E-state index contributed by atoms with van der Waals surface area (Å²) in [6.07, 6.45) is 0.256. The summed E-state index contributed by atoms with van der Waals surface area (Å²) in [7, 11) is 0. The Morgan fingerprint density at radius 3 is 2.52 bits per heavy atom. The highest BCUT2D eigenvalue weighted by Crippen LogP contribution is 2.25.